The summed E-state index contributed by atoms with van der Waals surface area (Å²) in [5.74, 6) is 1.83. The summed E-state index contributed by atoms with van der Waals surface area (Å²) in [5.41, 5.74) is 0.0894. The standard InChI is InChI=1S/C14H15F2NO2/c1-3-9-17(10-4-2)13(18)11-7-5-6-8-12(11)19-14(15)16/h1,5-8,14H,4,9-10H2,2H3. The number of rotatable bonds is 6. The van der Waals surface area contributed by atoms with Gasteiger partial charge in [-0.25, -0.2) is 0 Å². The zero-order valence-corrected chi connectivity index (χ0v) is 10.6. The first kappa shape index (κ1) is 15.0. The molecule has 0 aliphatic carbocycles. The van der Waals surface area contributed by atoms with Crippen LogP contribution in [0.3, 0.4) is 0 Å². The summed E-state index contributed by atoms with van der Waals surface area (Å²) in [6.45, 7) is -0.471. The highest BCUT2D eigenvalue weighted by Crippen LogP contribution is 2.21. The van der Waals surface area contributed by atoms with E-state index in [-0.39, 0.29) is 17.9 Å². The van der Waals surface area contributed by atoms with Crippen molar-refractivity contribution in [2.45, 2.75) is 20.0 Å². The van der Waals surface area contributed by atoms with E-state index in [2.05, 4.69) is 10.7 Å². The molecule has 0 saturated heterocycles. The molecular weight excluding hydrogens is 252 g/mol. The number of benzene rings is 1. The third kappa shape index (κ3) is 4.25. The Morgan fingerprint density at radius 3 is 2.74 bits per heavy atom. The summed E-state index contributed by atoms with van der Waals surface area (Å²) in [6.07, 6.45) is 5.93. The molecule has 0 aromatic heterocycles. The van der Waals surface area contributed by atoms with E-state index in [4.69, 9.17) is 6.42 Å². The molecule has 0 atom stereocenters. The fraction of sp³-hybridized carbons (Fsp3) is 0.357. The van der Waals surface area contributed by atoms with Gasteiger partial charge in [-0.3, -0.25) is 4.79 Å². The molecule has 0 N–H and O–H groups in total. The Morgan fingerprint density at radius 2 is 2.16 bits per heavy atom. The van der Waals surface area contributed by atoms with Crippen molar-refractivity contribution >= 4 is 5.91 Å². The lowest BCUT2D eigenvalue weighted by Gasteiger charge is -2.20. The van der Waals surface area contributed by atoms with Gasteiger partial charge in [0, 0.05) is 6.54 Å². The third-order valence-electron chi connectivity index (χ3n) is 2.40. The average molecular weight is 267 g/mol. The first-order valence-corrected chi connectivity index (χ1v) is 5.86. The zero-order chi connectivity index (χ0) is 14.3. The molecule has 0 fully saturated rings. The molecule has 0 radical (unpaired) electrons. The Balaban J connectivity index is 3.00. The van der Waals surface area contributed by atoms with Crippen LogP contribution in [0.1, 0.15) is 23.7 Å². The Hall–Kier alpha value is -2.09. The second-order valence-electron chi connectivity index (χ2n) is 3.81. The van der Waals surface area contributed by atoms with Gasteiger partial charge in [-0.15, -0.1) is 6.42 Å². The molecule has 19 heavy (non-hydrogen) atoms. The Labute approximate surface area is 111 Å². The molecule has 0 aliphatic rings. The van der Waals surface area contributed by atoms with E-state index in [9.17, 15) is 13.6 Å². The number of amides is 1. The van der Waals surface area contributed by atoms with Crippen LogP contribution in [-0.2, 0) is 0 Å². The number of ether oxygens (including phenoxy) is 1. The molecule has 3 nitrogen and oxygen atoms in total. The largest absolute Gasteiger partial charge is 0.434 e. The van der Waals surface area contributed by atoms with E-state index >= 15 is 0 Å². The van der Waals surface area contributed by atoms with Gasteiger partial charge < -0.3 is 9.64 Å². The summed E-state index contributed by atoms with van der Waals surface area (Å²) in [4.78, 5) is 13.7. The van der Waals surface area contributed by atoms with Gasteiger partial charge in [0.2, 0.25) is 0 Å². The molecule has 1 amide bonds. The Kier molecular flexibility index (Phi) is 5.80. The van der Waals surface area contributed by atoms with E-state index in [0.29, 0.717) is 6.54 Å². The van der Waals surface area contributed by atoms with Crippen molar-refractivity contribution in [1.29, 1.82) is 0 Å². The minimum Gasteiger partial charge on any atom is -0.434 e. The second kappa shape index (κ2) is 7.37. The van der Waals surface area contributed by atoms with Crippen molar-refractivity contribution in [3.8, 4) is 18.1 Å². The second-order valence-corrected chi connectivity index (χ2v) is 3.81. The Morgan fingerprint density at radius 1 is 1.47 bits per heavy atom. The monoisotopic (exact) mass is 267 g/mol. The SMILES string of the molecule is C#CCN(CCC)C(=O)c1ccccc1OC(F)F. The molecule has 0 spiro atoms. The first-order chi connectivity index (χ1) is 9.10. The highest BCUT2D eigenvalue weighted by Gasteiger charge is 2.19. The number of carbonyl (C=O) groups is 1. The summed E-state index contributed by atoms with van der Waals surface area (Å²) in [6, 6.07) is 5.89. The number of nitrogens with zero attached hydrogens (tertiary/aromatic N) is 1. The van der Waals surface area contributed by atoms with Crippen LogP contribution >= 0.6 is 0 Å². The molecule has 0 heterocycles. The number of hydrogen-bond acceptors (Lipinski definition) is 2. The lowest BCUT2D eigenvalue weighted by molar-refractivity contribution is -0.0502. The van der Waals surface area contributed by atoms with Crippen molar-refractivity contribution in [1.82, 2.24) is 4.90 Å². The minimum absolute atomic E-state index is 0.0894. The van der Waals surface area contributed by atoms with E-state index in [1.54, 1.807) is 6.07 Å². The average Bonchev–Trinajstić information content (AvgIpc) is 2.38. The van der Waals surface area contributed by atoms with Crippen LogP contribution in [0.15, 0.2) is 24.3 Å². The number of para-hydroxylation sites is 1. The van der Waals surface area contributed by atoms with Gasteiger partial charge in [0.25, 0.3) is 5.91 Å². The van der Waals surface area contributed by atoms with Gasteiger partial charge in [0.05, 0.1) is 12.1 Å². The predicted molar refractivity (Wildman–Crippen MR) is 68.1 cm³/mol. The molecule has 0 bridgehead atoms. The lowest BCUT2D eigenvalue weighted by Crippen LogP contribution is -2.32. The van der Waals surface area contributed by atoms with Crippen LogP contribution in [0, 0.1) is 12.3 Å². The number of carbonyl (C=O) groups excluding carboxylic acids is 1. The lowest BCUT2D eigenvalue weighted by atomic mass is 10.1. The van der Waals surface area contributed by atoms with Gasteiger partial charge in [-0.1, -0.05) is 25.0 Å². The van der Waals surface area contributed by atoms with Crippen LogP contribution in [0.25, 0.3) is 0 Å². The van der Waals surface area contributed by atoms with E-state index < -0.39 is 12.5 Å². The molecular formula is C14H15F2NO2. The summed E-state index contributed by atoms with van der Waals surface area (Å²) >= 11 is 0. The normalized spacial score (nSPS) is 10.1. The van der Waals surface area contributed by atoms with E-state index in [1.165, 1.54) is 23.1 Å². The fourth-order valence-electron chi connectivity index (χ4n) is 1.64. The van der Waals surface area contributed by atoms with Crippen LogP contribution < -0.4 is 4.74 Å². The molecule has 1 aromatic carbocycles. The molecule has 0 unspecified atom stereocenters. The molecule has 0 aliphatic heterocycles. The topological polar surface area (TPSA) is 29.5 Å². The Bertz CT molecular complexity index is 469. The van der Waals surface area contributed by atoms with Gasteiger partial charge in [-0.05, 0) is 18.6 Å². The maximum atomic E-state index is 12.3. The summed E-state index contributed by atoms with van der Waals surface area (Å²) < 4.78 is 28.9. The smallest absolute Gasteiger partial charge is 0.387 e. The molecule has 1 rings (SSSR count). The number of alkyl halides is 2. The molecule has 102 valence electrons. The summed E-state index contributed by atoms with van der Waals surface area (Å²) in [7, 11) is 0. The molecule has 5 heteroatoms. The van der Waals surface area contributed by atoms with Crippen molar-refractivity contribution in [3.05, 3.63) is 29.8 Å². The van der Waals surface area contributed by atoms with E-state index in [0.717, 1.165) is 6.42 Å². The van der Waals surface area contributed by atoms with Crippen LogP contribution in [-0.4, -0.2) is 30.5 Å². The van der Waals surface area contributed by atoms with Crippen LogP contribution in [0.5, 0.6) is 5.75 Å². The highest BCUT2D eigenvalue weighted by atomic mass is 19.3. The molecule has 1 aromatic rings. The minimum atomic E-state index is -2.97. The van der Waals surface area contributed by atoms with Crippen molar-refractivity contribution in [2.75, 3.05) is 13.1 Å². The fourth-order valence-corrected chi connectivity index (χ4v) is 1.64. The van der Waals surface area contributed by atoms with E-state index in [1.807, 2.05) is 6.92 Å². The number of halogens is 2. The first-order valence-electron chi connectivity index (χ1n) is 5.86. The number of terminal acetylenes is 1. The maximum Gasteiger partial charge on any atom is 0.387 e. The van der Waals surface area contributed by atoms with Crippen LogP contribution in [0.4, 0.5) is 8.78 Å². The third-order valence-corrected chi connectivity index (χ3v) is 2.40. The summed E-state index contributed by atoms with van der Waals surface area (Å²) in [5, 5.41) is 0. The van der Waals surface area contributed by atoms with Gasteiger partial charge in [0.1, 0.15) is 5.75 Å². The number of hydrogen-bond donors (Lipinski definition) is 0. The molecule has 0 saturated carbocycles. The van der Waals surface area contributed by atoms with Gasteiger partial charge in [-0.2, -0.15) is 8.78 Å². The predicted octanol–water partition coefficient (Wildman–Crippen LogP) is 2.77. The highest BCUT2D eigenvalue weighted by molar-refractivity contribution is 5.97. The van der Waals surface area contributed by atoms with Crippen LogP contribution in [0.2, 0.25) is 0 Å². The van der Waals surface area contributed by atoms with Gasteiger partial charge >= 0.3 is 6.61 Å². The van der Waals surface area contributed by atoms with Crippen molar-refractivity contribution < 1.29 is 18.3 Å². The maximum absolute atomic E-state index is 12.3. The van der Waals surface area contributed by atoms with Crippen molar-refractivity contribution in [2.24, 2.45) is 0 Å². The van der Waals surface area contributed by atoms with Gasteiger partial charge in [0.15, 0.2) is 0 Å². The zero-order valence-electron chi connectivity index (χ0n) is 10.6. The quantitative estimate of drug-likeness (QED) is 0.742. The van der Waals surface area contributed by atoms with Crippen molar-refractivity contribution in [3.63, 3.8) is 0 Å².